The lowest BCUT2D eigenvalue weighted by Crippen LogP contribution is -2.02. The number of aryl methyl sites for hydroxylation is 1. The highest BCUT2D eigenvalue weighted by Crippen LogP contribution is 1.98. The van der Waals surface area contributed by atoms with Crippen LogP contribution in [0.1, 0.15) is 22.6 Å². The molecule has 0 bridgehead atoms. The molecule has 0 aliphatic carbocycles. The molecule has 0 spiro atoms. The van der Waals surface area contributed by atoms with Crippen LogP contribution in [0.5, 0.6) is 0 Å². The largest absolute Gasteiger partial charge is 0.478 e. The second-order valence-corrected chi connectivity index (χ2v) is 2.79. The van der Waals surface area contributed by atoms with Crippen molar-refractivity contribution in [3.63, 3.8) is 0 Å². The third-order valence-corrected chi connectivity index (χ3v) is 1.70. The van der Waals surface area contributed by atoms with Crippen molar-refractivity contribution in [1.29, 1.82) is 0 Å². The number of aromatic nitrogens is 2. The Morgan fingerprint density at radius 2 is 2.14 bits per heavy atom. The van der Waals surface area contributed by atoms with Crippen molar-refractivity contribution in [2.75, 3.05) is 13.7 Å². The van der Waals surface area contributed by atoms with Crippen LogP contribution >= 0.6 is 0 Å². The Hall–Kier alpha value is -1.49. The number of rotatable bonds is 5. The van der Waals surface area contributed by atoms with E-state index in [1.807, 2.05) is 0 Å². The maximum Gasteiger partial charge on any atom is 0.338 e. The molecule has 1 aromatic rings. The van der Waals surface area contributed by atoms with Gasteiger partial charge in [-0.3, -0.25) is 0 Å². The summed E-state index contributed by atoms with van der Waals surface area (Å²) in [5.74, 6) is -0.361. The topological polar surface area (TPSA) is 72.3 Å². The number of aromatic carboxylic acids is 1. The predicted molar refractivity (Wildman–Crippen MR) is 49.2 cm³/mol. The predicted octanol–water partition coefficient (Wildman–Crippen LogP) is 0.754. The first-order chi connectivity index (χ1) is 6.74. The van der Waals surface area contributed by atoms with Gasteiger partial charge in [-0.2, -0.15) is 0 Å². The SMILES string of the molecule is COCCCc1ncc(C(=O)O)cn1. The van der Waals surface area contributed by atoms with Gasteiger partial charge in [0.2, 0.25) is 0 Å². The number of ether oxygens (including phenoxy) is 1. The van der Waals surface area contributed by atoms with Gasteiger partial charge >= 0.3 is 5.97 Å². The molecule has 76 valence electrons. The van der Waals surface area contributed by atoms with Gasteiger partial charge in [0, 0.05) is 32.5 Å². The van der Waals surface area contributed by atoms with Gasteiger partial charge in [-0.1, -0.05) is 0 Å². The van der Waals surface area contributed by atoms with Gasteiger partial charge in [0.05, 0.1) is 5.56 Å². The van der Waals surface area contributed by atoms with Crippen LogP contribution in [0.2, 0.25) is 0 Å². The Morgan fingerprint density at radius 3 is 2.64 bits per heavy atom. The fourth-order valence-electron chi connectivity index (χ4n) is 0.969. The van der Waals surface area contributed by atoms with E-state index >= 15 is 0 Å². The molecule has 0 aromatic carbocycles. The summed E-state index contributed by atoms with van der Waals surface area (Å²) in [4.78, 5) is 18.3. The van der Waals surface area contributed by atoms with Crippen molar-refractivity contribution in [3.05, 3.63) is 23.8 Å². The first-order valence-corrected chi connectivity index (χ1v) is 4.27. The van der Waals surface area contributed by atoms with Crippen molar-refractivity contribution < 1.29 is 14.6 Å². The molecule has 1 heterocycles. The molecule has 0 aliphatic heterocycles. The van der Waals surface area contributed by atoms with Crippen LogP contribution in [0.3, 0.4) is 0 Å². The van der Waals surface area contributed by atoms with Crippen molar-refractivity contribution in [1.82, 2.24) is 9.97 Å². The third kappa shape index (κ3) is 3.10. The van der Waals surface area contributed by atoms with Crippen LogP contribution < -0.4 is 0 Å². The number of carboxylic acid groups (broad SMARTS) is 1. The molecule has 0 saturated heterocycles. The van der Waals surface area contributed by atoms with E-state index in [0.29, 0.717) is 18.9 Å². The minimum Gasteiger partial charge on any atom is -0.478 e. The van der Waals surface area contributed by atoms with Gasteiger partial charge in [-0.05, 0) is 6.42 Å². The van der Waals surface area contributed by atoms with Crippen molar-refractivity contribution in [3.8, 4) is 0 Å². The zero-order valence-corrected chi connectivity index (χ0v) is 7.93. The molecule has 1 N–H and O–H groups in total. The monoisotopic (exact) mass is 196 g/mol. The zero-order chi connectivity index (χ0) is 10.4. The normalized spacial score (nSPS) is 10.1. The first-order valence-electron chi connectivity index (χ1n) is 4.27. The van der Waals surface area contributed by atoms with E-state index in [2.05, 4.69) is 9.97 Å². The van der Waals surface area contributed by atoms with Gasteiger partial charge < -0.3 is 9.84 Å². The smallest absolute Gasteiger partial charge is 0.338 e. The molecule has 0 aliphatic rings. The molecule has 0 saturated carbocycles. The molecule has 5 nitrogen and oxygen atoms in total. The molecular weight excluding hydrogens is 184 g/mol. The highest BCUT2D eigenvalue weighted by Gasteiger charge is 2.03. The van der Waals surface area contributed by atoms with Crippen LogP contribution in [-0.2, 0) is 11.2 Å². The van der Waals surface area contributed by atoms with E-state index in [9.17, 15) is 4.79 Å². The number of hydrogen-bond donors (Lipinski definition) is 1. The lowest BCUT2D eigenvalue weighted by molar-refractivity contribution is 0.0696. The summed E-state index contributed by atoms with van der Waals surface area (Å²) in [6.45, 7) is 0.657. The summed E-state index contributed by atoms with van der Waals surface area (Å²) < 4.78 is 4.88. The Labute approximate surface area is 81.8 Å². The van der Waals surface area contributed by atoms with Crippen LogP contribution in [0.4, 0.5) is 0 Å². The van der Waals surface area contributed by atoms with Crippen LogP contribution in [0, 0.1) is 0 Å². The minimum absolute atomic E-state index is 0.112. The molecule has 1 aromatic heterocycles. The van der Waals surface area contributed by atoms with Gasteiger partial charge in [0.1, 0.15) is 5.82 Å². The summed E-state index contributed by atoms with van der Waals surface area (Å²) in [5, 5.41) is 8.59. The maximum atomic E-state index is 10.5. The fraction of sp³-hybridized carbons (Fsp3) is 0.444. The Kier molecular flexibility index (Phi) is 4.00. The summed E-state index contributed by atoms with van der Waals surface area (Å²) in [7, 11) is 1.63. The van der Waals surface area contributed by atoms with Gasteiger partial charge in [0.15, 0.2) is 0 Å². The summed E-state index contributed by atoms with van der Waals surface area (Å²) in [5.41, 5.74) is 0.112. The van der Waals surface area contributed by atoms with Crippen LogP contribution in [-0.4, -0.2) is 34.8 Å². The summed E-state index contributed by atoms with van der Waals surface area (Å²) in [6, 6.07) is 0. The Morgan fingerprint density at radius 1 is 1.50 bits per heavy atom. The first kappa shape index (κ1) is 10.6. The van der Waals surface area contributed by atoms with E-state index < -0.39 is 5.97 Å². The molecule has 0 fully saturated rings. The third-order valence-electron chi connectivity index (χ3n) is 1.70. The molecule has 0 radical (unpaired) electrons. The van der Waals surface area contributed by atoms with Crippen molar-refractivity contribution >= 4 is 5.97 Å². The number of carbonyl (C=O) groups is 1. The number of methoxy groups -OCH3 is 1. The number of carboxylic acids is 1. The maximum absolute atomic E-state index is 10.5. The second-order valence-electron chi connectivity index (χ2n) is 2.79. The van der Waals surface area contributed by atoms with Gasteiger partial charge in [-0.15, -0.1) is 0 Å². The lowest BCUT2D eigenvalue weighted by Gasteiger charge is -1.99. The van der Waals surface area contributed by atoms with E-state index in [1.54, 1.807) is 7.11 Å². The molecular formula is C9H12N2O3. The fourth-order valence-corrected chi connectivity index (χ4v) is 0.969. The average Bonchev–Trinajstić information content (AvgIpc) is 2.19. The molecule has 0 amide bonds. The minimum atomic E-state index is -1.01. The summed E-state index contributed by atoms with van der Waals surface area (Å²) in [6.07, 6.45) is 4.17. The van der Waals surface area contributed by atoms with Crippen molar-refractivity contribution in [2.45, 2.75) is 12.8 Å². The van der Waals surface area contributed by atoms with E-state index in [1.165, 1.54) is 12.4 Å². The van der Waals surface area contributed by atoms with Crippen molar-refractivity contribution in [2.24, 2.45) is 0 Å². The van der Waals surface area contributed by atoms with Crippen LogP contribution in [0.25, 0.3) is 0 Å². The van der Waals surface area contributed by atoms with Gasteiger partial charge in [-0.25, -0.2) is 14.8 Å². The molecule has 0 unspecified atom stereocenters. The van der Waals surface area contributed by atoms with Crippen LogP contribution in [0.15, 0.2) is 12.4 Å². The average molecular weight is 196 g/mol. The molecule has 1 rings (SSSR count). The Balaban J connectivity index is 2.51. The quantitative estimate of drug-likeness (QED) is 0.703. The van der Waals surface area contributed by atoms with E-state index in [0.717, 1.165) is 6.42 Å². The molecule has 0 atom stereocenters. The van der Waals surface area contributed by atoms with E-state index in [-0.39, 0.29) is 5.56 Å². The second kappa shape index (κ2) is 5.29. The van der Waals surface area contributed by atoms with E-state index in [4.69, 9.17) is 9.84 Å². The standard InChI is InChI=1S/C9H12N2O3/c1-14-4-2-3-8-10-5-7(6-11-8)9(12)13/h5-6H,2-4H2,1H3,(H,12,13). The molecule has 5 heteroatoms. The lowest BCUT2D eigenvalue weighted by atomic mass is 10.3. The molecule has 14 heavy (non-hydrogen) atoms. The Bertz CT molecular complexity index is 297. The number of nitrogens with zero attached hydrogens (tertiary/aromatic N) is 2. The highest BCUT2D eigenvalue weighted by molar-refractivity contribution is 5.86. The van der Waals surface area contributed by atoms with Gasteiger partial charge in [0.25, 0.3) is 0 Å². The zero-order valence-electron chi connectivity index (χ0n) is 7.93. The number of hydrogen-bond acceptors (Lipinski definition) is 4. The summed E-state index contributed by atoms with van der Waals surface area (Å²) >= 11 is 0. The highest BCUT2D eigenvalue weighted by atomic mass is 16.5.